The van der Waals surface area contributed by atoms with E-state index in [-0.39, 0.29) is 17.1 Å². The molecule has 0 saturated carbocycles. The Kier molecular flexibility index (Phi) is 8.10. The number of hydrogen-bond acceptors (Lipinski definition) is 6. The van der Waals surface area contributed by atoms with Crippen LogP contribution in [-0.4, -0.2) is 57.5 Å². The summed E-state index contributed by atoms with van der Waals surface area (Å²) in [6.07, 6.45) is -0.802. The molecule has 2 aromatic carbocycles. The van der Waals surface area contributed by atoms with Crippen LogP contribution in [0.2, 0.25) is 0 Å². The number of thioether (sulfide) groups is 1. The molecule has 2 aliphatic heterocycles. The first-order chi connectivity index (χ1) is 16.8. The zero-order valence-electron chi connectivity index (χ0n) is 19.3. The van der Waals surface area contributed by atoms with Crippen molar-refractivity contribution in [3.63, 3.8) is 0 Å². The van der Waals surface area contributed by atoms with Crippen LogP contribution in [-0.2, 0) is 16.0 Å². The van der Waals surface area contributed by atoms with E-state index < -0.39 is 24.0 Å². The van der Waals surface area contributed by atoms with Crippen molar-refractivity contribution in [1.29, 1.82) is 0 Å². The molecule has 0 spiro atoms. The minimum atomic E-state index is -1.87. The van der Waals surface area contributed by atoms with Crippen LogP contribution in [0.15, 0.2) is 59.5 Å². The molecule has 0 aromatic heterocycles. The van der Waals surface area contributed by atoms with Gasteiger partial charge >= 0.3 is 0 Å². The van der Waals surface area contributed by atoms with Crippen LogP contribution in [0.3, 0.4) is 0 Å². The average molecular weight is 500 g/mol. The second-order valence-electron chi connectivity index (χ2n) is 9.04. The molecule has 186 valence electrons. The summed E-state index contributed by atoms with van der Waals surface area (Å²) in [6, 6.07) is 13.3. The van der Waals surface area contributed by atoms with Crippen LogP contribution in [0.4, 0.5) is 10.1 Å². The number of amides is 2. The number of benzene rings is 2. The van der Waals surface area contributed by atoms with Gasteiger partial charge in [-0.25, -0.2) is 4.39 Å². The highest BCUT2D eigenvalue weighted by Gasteiger charge is 2.38. The Hall–Kier alpha value is -2.88. The Labute approximate surface area is 208 Å². The van der Waals surface area contributed by atoms with E-state index in [1.165, 1.54) is 22.6 Å². The Balaban J connectivity index is 1.26. The number of aliphatic hydroxyl groups is 2. The number of nitrogens with zero attached hydrogens (tertiary/aromatic N) is 1. The first-order valence-corrected chi connectivity index (χ1v) is 12.6. The Morgan fingerprint density at radius 2 is 1.94 bits per heavy atom. The lowest BCUT2D eigenvalue weighted by molar-refractivity contribution is -0.153. The number of likely N-dealkylation sites (tertiary alicyclic amines) is 1. The summed E-state index contributed by atoms with van der Waals surface area (Å²) < 4.78 is 13.3. The number of carbonyl (C=O) groups is 2. The van der Waals surface area contributed by atoms with Crippen molar-refractivity contribution in [1.82, 2.24) is 10.2 Å². The maximum absolute atomic E-state index is 13.3. The number of anilines is 1. The van der Waals surface area contributed by atoms with Gasteiger partial charge in [0.05, 0.1) is 6.04 Å². The van der Waals surface area contributed by atoms with Crippen molar-refractivity contribution in [2.45, 2.75) is 49.2 Å². The molecule has 1 saturated heterocycles. The SMILES string of the molecule is Nc1cccc(CC2=CSC(CNC(=O)[C@H](O)[C@@H](O)C(=O)N3CCCC3c3ccc(F)cc3)C2)c1. The van der Waals surface area contributed by atoms with Gasteiger partial charge in [-0.05, 0) is 66.5 Å². The summed E-state index contributed by atoms with van der Waals surface area (Å²) in [5.74, 6) is -1.86. The smallest absolute Gasteiger partial charge is 0.255 e. The van der Waals surface area contributed by atoms with Crippen molar-refractivity contribution in [3.05, 3.63) is 76.5 Å². The number of aliphatic hydroxyl groups excluding tert-OH is 2. The van der Waals surface area contributed by atoms with Crippen molar-refractivity contribution in [3.8, 4) is 0 Å². The van der Waals surface area contributed by atoms with Gasteiger partial charge in [0.1, 0.15) is 5.82 Å². The van der Waals surface area contributed by atoms with Crippen molar-refractivity contribution in [2.24, 2.45) is 0 Å². The standard InChI is InChI=1S/C26H30FN3O4S/c27-19-8-6-18(7-9-19)22-5-2-10-30(22)26(34)24(32)23(31)25(33)29-14-21-13-17(15-35-21)11-16-3-1-4-20(28)12-16/h1,3-4,6-9,12,15,21-24,31-32H,2,5,10-11,13-14,28H2,(H,29,33)/t21?,22?,23-,24-/m1/s1. The predicted molar refractivity (Wildman–Crippen MR) is 134 cm³/mol. The van der Waals surface area contributed by atoms with E-state index >= 15 is 0 Å². The molecular formula is C26H30FN3O4S. The molecule has 7 nitrogen and oxygen atoms in total. The topological polar surface area (TPSA) is 116 Å². The predicted octanol–water partition coefficient (Wildman–Crippen LogP) is 2.54. The normalized spacial score (nSPS) is 21.5. The van der Waals surface area contributed by atoms with Gasteiger partial charge in [0.25, 0.3) is 11.8 Å². The minimum absolute atomic E-state index is 0.108. The zero-order chi connectivity index (χ0) is 24.9. The summed E-state index contributed by atoms with van der Waals surface area (Å²) in [7, 11) is 0. The first-order valence-electron chi connectivity index (χ1n) is 11.7. The van der Waals surface area contributed by atoms with Gasteiger partial charge in [0.2, 0.25) is 0 Å². The molecule has 9 heteroatoms. The lowest BCUT2D eigenvalue weighted by Crippen LogP contribution is -2.51. The molecule has 5 N–H and O–H groups in total. The summed E-state index contributed by atoms with van der Waals surface area (Å²) in [5, 5.41) is 25.7. The van der Waals surface area contributed by atoms with Gasteiger partial charge in [-0.15, -0.1) is 11.8 Å². The molecule has 2 unspecified atom stereocenters. The molecule has 35 heavy (non-hydrogen) atoms. The van der Waals surface area contributed by atoms with Crippen molar-refractivity contribution < 1.29 is 24.2 Å². The molecule has 0 radical (unpaired) electrons. The maximum Gasteiger partial charge on any atom is 0.255 e. The highest BCUT2D eigenvalue weighted by Crippen LogP contribution is 2.33. The van der Waals surface area contributed by atoms with Crippen LogP contribution >= 0.6 is 11.8 Å². The van der Waals surface area contributed by atoms with E-state index in [4.69, 9.17) is 5.73 Å². The average Bonchev–Trinajstić information content (AvgIpc) is 3.51. The van der Waals surface area contributed by atoms with Crippen LogP contribution in [0, 0.1) is 5.82 Å². The fraction of sp³-hybridized carbons (Fsp3) is 0.385. The van der Waals surface area contributed by atoms with E-state index in [2.05, 4.69) is 10.7 Å². The van der Waals surface area contributed by atoms with Crippen molar-refractivity contribution >= 4 is 29.3 Å². The molecule has 4 atom stereocenters. The van der Waals surface area contributed by atoms with E-state index in [1.807, 2.05) is 24.3 Å². The number of halogens is 1. The molecule has 2 heterocycles. The molecule has 2 aromatic rings. The maximum atomic E-state index is 13.3. The zero-order valence-corrected chi connectivity index (χ0v) is 20.1. The fourth-order valence-electron chi connectivity index (χ4n) is 4.61. The van der Waals surface area contributed by atoms with Crippen LogP contribution in [0.25, 0.3) is 0 Å². The number of rotatable bonds is 8. The number of allylic oxidation sites excluding steroid dienone is 1. The number of carbonyl (C=O) groups excluding carboxylic acids is 2. The van der Waals surface area contributed by atoms with E-state index in [0.717, 1.165) is 29.7 Å². The highest BCUT2D eigenvalue weighted by molar-refractivity contribution is 8.03. The van der Waals surface area contributed by atoms with Gasteiger partial charge < -0.3 is 26.2 Å². The third kappa shape index (κ3) is 6.22. The van der Waals surface area contributed by atoms with Gasteiger partial charge in [-0.3, -0.25) is 9.59 Å². The molecule has 2 aliphatic rings. The molecule has 4 rings (SSSR count). The van der Waals surface area contributed by atoms with Gasteiger partial charge in [-0.1, -0.05) is 29.8 Å². The second kappa shape index (κ2) is 11.2. The molecule has 1 fully saturated rings. The quantitative estimate of drug-likeness (QED) is 0.415. The van der Waals surface area contributed by atoms with Gasteiger partial charge in [0.15, 0.2) is 12.2 Å². The Morgan fingerprint density at radius 1 is 1.17 bits per heavy atom. The van der Waals surface area contributed by atoms with E-state index in [1.54, 1.807) is 23.9 Å². The lowest BCUT2D eigenvalue weighted by atomic mass is 10.0. The second-order valence-corrected chi connectivity index (χ2v) is 10.2. The number of hydrogen-bond donors (Lipinski definition) is 4. The third-order valence-electron chi connectivity index (χ3n) is 6.41. The van der Waals surface area contributed by atoms with Crippen LogP contribution in [0.1, 0.15) is 36.4 Å². The largest absolute Gasteiger partial charge is 0.399 e. The molecule has 0 aliphatic carbocycles. The van der Waals surface area contributed by atoms with Gasteiger partial charge in [-0.2, -0.15) is 0 Å². The van der Waals surface area contributed by atoms with Crippen LogP contribution < -0.4 is 11.1 Å². The monoisotopic (exact) mass is 499 g/mol. The summed E-state index contributed by atoms with van der Waals surface area (Å²) in [5.41, 5.74) is 9.67. The summed E-state index contributed by atoms with van der Waals surface area (Å²) in [4.78, 5) is 26.8. The lowest BCUT2D eigenvalue weighted by Gasteiger charge is -2.28. The highest BCUT2D eigenvalue weighted by atomic mass is 32.2. The Morgan fingerprint density at radius 3 is 2.69 bits per heavy atom. The number of nitrogens with one attached hydrogen (secondary N) is 1. The summed E-state index contributed by atoms with van der Waals surface area (Å²) in [6.45, 7) is 0.701. The molecular weight excluding hydrogens is 469 g/mol. The number of nitrogen functional groups attached to an aromatic ring is 1. The minimum Gasteiger partial charge on any atom is -0.399 e. The third-order valence-corrected chi connectivity index (χ3v) is 7.60. The first kappa shape index (κ1) is 25.2. The summed E-state index contributed by atoms with van der Waals surface area (Å²) >= 11 is 1.61. The fourth-order valence-corrected chi connectivity index (χ4v) is 5.66. The molecule has 0 bridgehead atoms. The number of nitrogens with two attached hydrogens (primary N) is 1. The van der Waals surface area contributed by atoms with Crippen molar-refractivity contribution in [2.75, 3.05) is 18.8 Å². The Bertz CT molecular complexity index is 1090. The molecule has 2 amide bonds. The van der Waals surface area contributed by atoms with E-state index in [0.29, 0.717) is 25.9 Å². The van der Waals surface area contributed by atoms with Gasteiger partial charge in [0, 0.05) is 24.0 Å². The van der Waals surface area contributed by atoms with E-state index in [9.17, 15) is 24.2 Å². The van der Waals surface area contributed by atoms with Crippen LogP contribution in [0.5, 0.6) is 0 Å².